The number of carbonyl (C=O) groups excluding carboxylic acids is 1. The summed E-state index contributed by atoms with van der Waals surface area (Å²) in [5, 5.41) is 0. The van der Waals surface area contributed by atoms with Gasteiger partial charge in [-0.25, -0.2) is 8.42 Å². The molecule has 0 bridgehead atoms. The van der Waals surface area contributed by atoms with Crippen LogP contribution < -0.4 is 14.2 Å². The molecule has 7 nitrogen and oxygen atoms in total. The van der Waals surface area contributed by atoms with E-state index < -0.39 is 10.0 Å². The zero-order valence-corrected chi connectivity index (χ0v) is 17.0. The molecule has 1 N–H and O–H groups in total. The minimum absolute atomic E-state index is 0.110. The van der Waals surface area contributed by atoms with Crippen LogP contribution in [0.1, 0.15) is 24.2 Å². The Morgan fingerprint density at radius 3 is 2.57 bits per heavy atom. The quantitative estimate of drug-likeness (QED) is 0.800. The summed E-state index contributed by atoms with van der Waals surface area (Å²) < 4.78 is 39.0. The lowest BCUT2D eigenvalue weighted by molar-refractivity contribution is 0.0796. The minimum Gasteiger partial charge on any atom is -0.493 e. The van der Waals surface area contributed by atoms with Crippen LogP contribution in [0.5, 0.6) is 11.5 Å². The second kappa shape index (κ2) is 8.10. The predicted octanol–water partition coefficient (Wildman–Crippen LogP) is 2.99. The summed E-state index contributed by atoms with van der Waals surface area (Å²) in [5.41, 5.74) is 0.628. The van der Waals surface area contributed by atoms with Crippen molar-refractivity contribution in [3.8, 4) is 11.5 Å². The van der Waals surface area contributed by atoms with Gasteiger partial charge in [-0.2, -0.15) is 0 Å². The summed E-state index contributed by atoms with van der Waals surface area (Å²) in [5.74, 6) is 1.23. The van der Waals surface area contributed by atoms with Gasteiger partial charge < -0.3 is 14.4 Å². The first-order valence-electron chi connectivity index (χ1n) is 9.04. The first-order chi connectivity index (χ1) is 13.3. The van der Waals surface area contributed by atoms with Gasteiger partial charge in [0.05, 0.1) is 23.6 Å². The van der Waals surface area contributed by atoms with Gasteiger partial charge in [-0.05, 0) is 48.4 Å². The van der Waals surface area contributed by atoms with Gasteiger partial charge in [0.2, 0.25) is 0 Å². The molecule has 0 unspecified atom stereocenters. The van der Waals surface area contributed by atoms with E-state index in [0.29, 0.717) is 48.4 Å². The topological polar surface area (TPSA) is 84.9 Å². The number of likely N-dealkylation sites (N-methyl/N-ethyl adjacent to an activating group) is 1. The summed E-state index contributed by atoms with van der Waals surface area (Å²) >= 11 is 0. The van der Waals surface area contributed by atoms with Crippen molar-refractivity contribution in [1.82, 2.24) is 4.90 Å². The van der Waals surface area contributed by atoms with Crippen molar-refractivity contribution in [3.05, 3.63) is 48.0 Å². The number of carbonyl (C=O) groups is 1. The highest BCUT2D eigenvalue weighted by Gasteiger charge is 2.22. The van der Waals surface area contributed by atoms with Gasteiger partial charge in [0.1, 0.15) is 18.1 Å². The van der Waals surface area contributed by atoms with E-state index in [-0.39, 0.29) is 10.8 Å². The van der Waals surface area contributed by atoms with Crippen LogP contribution in [0.3, 0.4) is 0 Å². The van der Waals surface area contributed by atoms with Crippen LogP contribution in [-0.2, 0) is 10.0 Å². The number of nitrogens with zero attached hydrogens (tertiary/aromatic N) is 1. The maximum absolute atomic E-state index is 12.7. The Morgan fingerprint density at radius 2 is 1.89 bits per heavy atom. The van der Waals surface area contributed by atoms with E-state index in [1.807, 2.05) is 13.8 Å². The molecule has 2 aromatic rings. The minimum atomic E-state index is -3.80. The Labute approximate surface area is 165 Å². The first kappa shape index (κ1) is 20.0. The molecule has 0 saturated carbocycles. The Balaban J connectivity index is 1.79. The average Bonchev–Trinajstić information content (AvgIpc) is 2.79. The first-order valence-corrected chi connectivity index (χ1v) is 10.5. The standard InChI is InChI=1S/C20H24N2O5S/c1-14(2)13-27-16-5-7-17(8-6-16)28(24,25)21-15-4-9-19-18(12-15)20(23)22(3)10-11-26-19/h4-9,12,14,21H,10-11,13H2,1-3H3. The normalized spacial score (nSPS) is 14.3. The van der Waals surface area contributed by atoms with E-state index in [1.165, 1.54) is 18.2 Å². The van der Waals surface area contributed by atoms with E-state index in [4.69, 9.17) is 9.47 Å². The molecule has 0 aliphatic carbocycles. The number of fused-ring (bicyclic) bond motifs is 1. The van der Waals surface area contributed by atoms with Gasteiger partial charge in [-0.1, -0.05) is 13.8 Å². The highest BCUT2D eigenvalue weighted by molar-refractivity contribution is 7.92. The molecule has 1 heterocycles. The monoisotopic (exact) mass is 404 g/mol. The molecule has 3 rings (SSSR count). The Kier molecular flexibility index (Phi) is 5.79. The Hall–Kier alpha value is -2.74. The summed E-state index contributed by atoms with van der Waals surface area (Å²) in [6.07, 6.45) is 0. The smallest absolute Gasteiger partial charge is 0.261 e. The third-order valence-corrected chi connectivity index (χ3v) is 5.61. The van der Waals surface area contributed by atoms with Gasteiger partial charge in [-0.3, -0.25) is 9.52 Å². The summed E-state index contributed by atoms with van der Waals surface area (Å²) in [6, 6.07) is 10.9. The summed E-state index contributed by atoms with van der Waals surface area (Å²) in [7, 11) is -2.12. The molecule has 28 heavy (non-hydrogen) atoms. The zero-order chi connectivity index (χ0) is 20.3. The lowest BCUT2D eigenvalue weighted by Crippen LogP contribution is -2.27. The van der Waals surface area contributed by atoms with Crippen LogP contribution in [0.25, 0.3) is 0 Å². The molecule has 0 saturated heterocycles. The molecule has 0 radical (unpaired) electrons. The second-order valence-corrected chi connectivity index (χ2v) is 8.75. The lowest BCUT2D eigenvalue weighted by Gasteiger charge is -2.14. The summed E-state index contributed by atoms with van der Waals surface area (Å²) in [4.78, 5) is 14.1. The second-order valence-electron chi connectivity index (χ2n) is 7.07. The van der Waals surface area contributed by atoms with Crippen molar-refractivity contribution in [2.24, 2.45) is 5.92 Å². The number of ether oxygens (including phenoxy) is 2. The fourth-order valence-corrected chi connectivity index (χ4v) is 3.73. The van der Waals surface area contributed by atoms with Crippen LogP contribution in [0, 0.1) is 5.92 Å². The fraction of sp³-hybridized carbons (Fsp3) is 0.350. The zero-order valence-electron chi connectivity index (χ0n) is 16.1. The van der Waals surface area contributed by atoms with Crippen LogP contribution in [0.4, 0.5) is 5.69 Å². The average molecular weight is 404 g/mol. The maximum atomic E-state index is 12.7. The molecule has 8 heteroatoms. The number of amides is 1. The van der Waals surface area contributed by atoms with Gasteiger partial charge in [-0.15, -0.1) is 0 Å². The van der Waals surface area contributed by atoms with Crippen molar-refractivity contribution >= 4 is 21.6 Å². The molecule has 0 aromatic heterocycles. The fourth-order valence-electron chi connectivity index (χ4n) is 2.68. The van der Waals surface area contributed by atoms with Gasteiger partial charge in [0, 0.05) is 12.7 Å². The molecule has 0 fully saturated rings. The largest absolute Gasteiger partial charge is 0.493 e. The Bertz CT molecular complexity index is 955. The molecule has 1 amide bonds. The lowest BCUT2D eigenvalue weighted by atomic mass is 10.1. The molecule has 0 spiro atoms. The van der Waals surface area contributed by atoms with Crippen molar-refractivity contribution < 1.29 is 22.7 Å². The highest BCUT2D eigenvalue weighted by Crippen LogP contribution is 2.27. The van der Waals surface area contributed by atoms with Crippen molar-refractivity contribution in [2.45, 2.75) is 18.7 Å². The van der Waals surface area contributed by atoms with E-state index in [0.717, 1.165) is 0 Å². The van der Waals surface area contributed by atoms with Gasteiger partial charge >= 0.3 is 0 Å². The molecule has 1 aliphatic rings. The third-order valence-electron chi connectivity index (χ3n) is 4.21. The van der Waals surface area contributed by atoms with Crippen LogP contribution in [0.15, 0.2) is 47.4 Å². The molecule has 0 atom stereocenters. The van der Waals surface area contributed by atoms with Gasteiger partial charge in [0.15, 0.2) is 0 Å². The number of hydrogen-bond donors (Lipinski definition) is 1. The number of rotatable bonds is 6. The van der Waals surface area contributed by atoms with Crippen LogP contribution in [0.2, 0.25) is 0 Å². The number of sulfonamides is 1. The third kappa shape index (κ3) is 4.56. The van der Waals surface area contributed by atoms with E-state index in [2.05, 4.69) is 4.72 Å². The van der Waals surface area contributed by atoms with E-state index >= 15 is 0 Å². The molecule has 1 aliphatic heterocycles. The van der Waals surface area contributed by atoms with Crippen molar-refractivity contribution in [2.75, 3.05) is 31.5 Å². The molecular formula is C20H24N2O5S. The molecular weight excluding hydrogens is 380 g/mol. The van der Waals surface area contributed by atoms with Gasteiger partial charge in [0.25, 0.3) is 15.9 Å². The van der Waals surface area contributed by atoms with E-state index in [9.17, 15) is 13.2 Å². The summed E-state index contributed by atoms with van der Waals surface area (Å²) in [6.45, 7) is 5.50. The molecule has 150 valence electrons. The number of benzene rings is 2. The predicted molar refractivity (Wildman–Crippen MR) is 106 cm³/mol. The Morgan fingerprint density at radius 1 is 1.18 bits per heavy atom. The number of nitrogens with one attached hydrogen (secondary N) is 1. The highest BCUT2D eigenvalue weighted by atomic mass is 32.2. The number of anilines is 1. The van der Waals surface area contributed by atoms with E-state index in [1.54, 1.807) is 36.2 Å². The number of hydrogen-bond acceptors (Lipinski definition) is 5. The maximum Gasteiger partial charge on any atom is 0.261 e. The molecule has 2 aromatic carbocycles. The van der Waals surface area contributed by atoms with Crippen LogP contribution in [-0.4, -0.2) is 46.0 Å². The van der Waals surface area contributed by atoms with Crippen LogP contribution >= 0.6 is 0 Å². The SMILES string of the molecule is CC(C)COc1ccc(S(=O)(=O)Nc2ccc3c(c2)C(=O)N(C)CCO3)cc1. The van der Waals surface area contributed by atoms with Crippen molar-refractivity contribution in [1.29, 1.82) is 0 Å². The van der Waals surface area contributed by atoms with Crippen molar-refractivity contribution in [3.63, 3.8) is 0 Å².